The molecular formula is C27H28ClN3O. The lowest BCUT2D eigenvalue weighted by Gasteiger charge is -2.38. The van der Waals surface area contributed by atoms with Crippen LogP contribution in [0, 0.1) is 0 Å². The van der Waals surface area contributed by atoms with Crippen LogP contribution >= 0.6 is 11.6 Å². The molecule has 2 aromatic carbocycles. The maximum Gasteiger partial charge on any atom is 0.159 e. The van der Waals surface area contributed by atoms with E-state index in [1.807, 2.05) is 12.2 Å². The zero-order valence-electron chi connectivity index (χ0n) is 18.6. The molecule has 4 nitrogen and oxygen atoms in total. The summed E-state index contributed by atoms with van der Waals surface area (Å²) in [7, 11) is 1.70. The van der Waals surface area contributed by atoms with Gasteiger partial charge in [0.25, 0.3) is 0 Å². The van der Waals surface area contributed by atoms with E-state index in [2.05, 4.69) is 60.4 Å². The second kappa shape index (κ2) is 8.95. The first-order valence-electron chi connectivity index (χ1n) is 11.4. The summed E-state index contributed by atoms with van der Waals surface area (Å²) in [4.78, 5) is 2.46. The van der Waals surface area contributed by atoms with E-state index in [4.69, 9.17) is 26.5 Å². The van der Waals surface area contributed by atoms with Crippen LogP contribution < -0.4 is 4.90 Å². The Morgan fingerprint density at radius 1 is 1.03 bits per heavy atom. The molecule has 1 aliphatic carbocycles. The molecule has 0 bridgehead atoms. The highest BCUT2D eigenvalue weighted by atomic mass is 35.5. The lowest BCUT2D eigenvalue weighted by molar-refractivity contribution is 0.261. The Bertz CT molecular complexity index is 1200. The fourth-order valence-electron chi connectivity index (χ4n) is 5.16. The van der Waals surface area contributed by atoms with Crippen LogP contribution in [0.5, 0.6) is 0 Å². The molecule has 0 N–H and O–H groups in total. The average molecular weight is 446 g/mol. The van der Waals surface area contributed by atoms with E-state index in [0.29, 0.717) is 12.5 Å². The van der Waals surface area contributed by atoms with Gasteiger partial charge in [0.1, 0.15) is 5.76 Å². The molecule has 1 aromatic heterocycles. The molecule has 2 heterocycles. The molecule has 5 rings (SSSR count). The Morgan fingerprint density at radius 3 is 2.62 bits per heavy atom. The van der Waals surface area contributed by atoms with Crippen LogP contribution in [0.1, 0.15) is 55.0 Å². The molecule has 0 saturated heterocycles. The maximum atomic E-state index is 6.39. The van der Waals surface area contributed by atoms with Crippen molar-refractivity contribution in [1.29, 1.82) is 0 Å². The predicted molar refractivity (Wildman–Crippen MR) is 131 cm³/mol. The van der Waals surface area contributed by atoms with Gasteiger partial charge in [-0.1, -0.05) is 73.5 Å². The number of hydrogen-bond donors (Lipinski definition) is 0. The third kappa shape index (κ3) is 3.67. The smallest absolute Gasteiger partial charge is 0.159 e. The van der Waals surface area contributed by atoms with Crippen LogP contribution in [0.25, 0.3) is 10.8 Å². The molecule has 0 saturated carbocycles. The monoisotopic (exact) mass is 445 g/mol. The van der Waals surface area contributed by atoms with E-state index >= 15 is 0 Å². The van der Waals surface area contributed by atoms with Gasteiger partial charge in [-0.25, -0.2) is 0 Å². The third-order valence-electron chi connectivity index (χ3n) is 6.68. The molecule has 3 aromatic rings. The summed E-state index contributed by atoms with van der Waals surface area (Å²) in [6, 6.07) is 17.6. The van der Waals surface area contributed by atoms with Gasteiger partial charge in [0.15, 0.2) is 5.82 Å². The van der Waals surface area contributed by atoms with E-state index in [1.165, 1.54) is 11.1 Å². The SMILES string of the molecule is CCCC1c2ccccc2CCN1c1nnc(C2CC(Cl)=CC=C2OC)c2ccccc12. The summed E-state index contributed by atoms with van der Waals surface area (Å²) in [6.07, 6.45) is 7.76. The van der Waals surface area contributed by atoms with E-state index in [9.17, 15) is 0 Å². The summed E-state index contributed by atoms with van der Waals surface area (Å²) in [5, 5.41) is 12.7. The first kappa shape index (κ1) is 21.0. The average Bonchev–Trinajstić information content (AvgIpc) is 2.84. The second-order valence-corrected chi connectivity index (χ2v) is 9.03. The van der Waals surface area contributed by atoms with Crippen molar-refractivity contribution in [3.63, 3.8) is 0 Å². The summed E-state index contributed by atoms with van der Waals surface area (Å²) in [5.74, 6) is 1.81. The van der Waals surface area contributed by atoms with Gasteiger partial charge >= 0.3 is 0 Å². The number of nitrogens with zero attached hydrogens (tertiary/aromatic N) is 3. The number of methoxy groups -OCH3 is 1. The van der Waals surface area contributed by atoms with Crippen LogP contribution in [0.3, 0.4) is 0 Å². The van der Waals surface area contributed by atoms with Gasteiger partial charge in [-0.2, -0.15) is 5.10 Å². The van der Waals surface area contributed by atoms with Crippen LogP contribution in [-0.4, -0.2) is 23.9 Å². The summed E-state index contributed by atoms with van der Waals surface area (Å²) in [5.41, 5.74) is 3.80. The number of ether oxygens (including phenoxy) is 1. The molecule has 0 radical (unpaired) electrons. The first-order valence-corrected chi connectivity index (χ1v) is 11.8. The number of hydrogen-bond acceptors (Lipinski definition) is 4. The molecular weight excluding hydrogens is 418 g/mol. The molecule has 2 aliphatic rings. The van der Waals surface area contributed by atoms with Crippen LogP contribution in [-0.2, 0) is 11.2 Å². The predicted octanol–water partition coefficient (Wildman–Crippen LogP) is 6.67. The van der Waals surface area contributed by atoms with Crippen molar-refractivity contribution in [2.45, 2.75) is 44.6 Å². The molecule has 2 atom stereocenters. The number of anilines is 1. The number of halogens is 1. The molecule has 1 aliphatic heterocycles. The number of aromatic nitrogens is 2. The molecule has 2 unspecified atom stereocenters. The molecule has 5 heteroatoms. The zero-order valence-corrected chi connectivity index (χ0v) is 19.3. The minimum absolute atomic E-state index is 0.0301. The van der Waals surface area contributed by atoms with Crippen molar-refractivity contribution in [3.05, 3.63) is 88.3 Å². The van der Waals surface area contributed by atoms with Crippen LogP contribution in [0.2, 0.25) is 0 Å². The highest BCUT2D eigenvalue weighted by molar-refractivity contribution is 6.29. The Hall–Kier alpha value is -2.85. The Kier molecular flexibility index (Phi) is 5.88. The summed E-state index contributed by atoms with van der Waals surface area (Å²) < 4.78 is 5.67. The molecule has 0 fully saturated rings. The molecule has 0 spiro atoms. The van der Waals surface area contributed by atoms with Crippen molar-refractivity contribution in [2.75, 3.05) is 18.6 Å². The van der Waals surface area contributed by atoms with Crippen molar-refractivity contribution in [3.8, 4) is 0 Å². The van der Waals surface area contributed by atoms with Gasteiger partial charge in [0.05, 0.1) is 24.8 Å². The van der Waals surface area contributed by atoms with E-state index in [0.717, 1.165) is 58.9 Å². The quantitative estimate of drug-likeness (QED) is 0.439. The summed E-state index contributed by atoms with van der Waals surface area (Å²) >= 11 is 6.39. The van der Waals surface area contributed by atoms with Crippen LogP contribution in [0.15, 0.2) is 71.5 Å². The number of fused-ring (bicyclic) bond motifs is 2. The zero-order chi connectivity index (χ0) is 22.1. The molecule has 164 valence electrons. The van der Waals surface area contributed by atoms with Gasteiger partial charge in [0, 0.05) is 22.3 Å². The van der Waals surface area contributed by atoms with Crippen molar-refractivity contribution < 1.29 is 4.74 Å². The van der Waals surface area contributed by atoms with Gasteiger partial charge in [-0.05, 0) is 42.5 Å². The highest BCUT2D eigenvalue weighted by Crippen LogP contribution is 2.42. The third-order valence-corrected chi connectivity index (χ3v) is 6.96. The summed E-state index contributed by atoms with van der Waals surface area (Å²) in [6.45, 7) is 3.20. The van der Waals surface area contributed by atoms with E-state index in [-0.39, 0.29) is 5.92 Å². The van der Waals surface area contributed by atoms with Gasteiger partial charge in [-0.3, -0.25) is 0 Å². The number of benzene rings is 2. The number of rotatable bonds is 5. The minimum atomic E-state index is -0.0301. The standard InChI is InChI=1S/C27H28ClN3O/c1-3-8-24-20-10-5-4-9-18(20)15-16-31(24)27-22-12-7-6-11-21(22)26(29-30-27)23-17-19(28)13-14-25(23)32-2/h4-7,9-14,23-24H,3,8,15-17H2,1-2H3. The minimum Gasteiger partial charge on any atom is -0.500 e. The first-order chi connectivity index (χ1) is 15.7. The highest BCUT2D eigenvalue weighted by Gasteiger charge is 2.31. The van der Waals surface area contributed by atoms with Gasteiger partial charge < -0.3 is 9.64 Å². The van der Waals surface area contributed by atoms with Crippen molar-refractivity contribution in [1.82, 2.24) is 10.2 Å². The van der Waals surface area contributed by atoms with Crippen molar-refractivity contribution >= 4 is 28.2 Å². The number of allylic oxidation sites excluding steroid dienone is 4. The Labute approximate surface area is 194 Å². The second-order valence-electron chi connectivity index (χ2n) is 8.54. The topological polar surface area (TPSA) is 38.2 Å². The largest absolute Gasteiger partial charge is 0.500 e. The Balaban J connectivity index is 1.62. The fraction of sp³-hybridized carbons (Fsp3) is 0.333. The van der Waals surface area contributed by atoms with E-state index in [1.54, 1.807) is 7.11 Å². The fourth-order valence-corrected chi connectivity index (χ4v) is 5.38. The maximum absolute atomic E-state index is 6.39. The van der Waals surface area contributed by atoms with E-state index < -0.39 is 0 Å². The lowest BCUT2D eigenvalue weighted by atomic mass is 9.89. The molecule has 0 amide bonds. The van der Waals surface area contributed by atoms with Crippen molar-refractivity contribution in [2.24, 2.45) is 0 Å². The normalized spacial score (nSPS) is 20.5. The van der Waals surface area contributed by atoms with Gasteiger partial charge in [0.2, 0.25) is 0 Å². The van der Waals surface area contributed by atoms with Gasteiger partial charge in [-0.15, -0.1) is 5.10 Å². The Morgan fingerprint density at radius 2 is 1.81 bits per heavy atom. The lowest BCUT2D eigenvalue weighted by Crippen LogP contribution is -2.36. The van der Waals surface area contributed by atoms with Crippen LogP contribution in [0.4, 0.5) is 5.82 Å². The molecule has 32 heavy (non-hydrogen) atoms.